The Morgan fingerprint density at radius 3 is 2.62 bits per heavy atom. The van der Waals surface area contributed by atoms with Gasteiger partial charge >= 0.3 is 0 Å². The van der Waals surface area contributed by atoms with Crippen LogP contribution in [0.15, 0.2) is 24.3 Å². The number of hydrogen-bond acceptors (Lipinski definition) is 5. The van der Waals surface area contributed by atoms with Gasteiger partial charge in [0.25, 0.3) is 10.1 Å². The van der Waals surface area contributed by atoms with Crippen molar-refractivity contribution in [2.24, 2.45) is 0 Å². The summed E-state index contributed by atoms with van der Waals surface area (Å²) in [6.45, 7) is 2.58. The molecular formula is C15H23NO4S. The molecule has 1 fully saturated rings. The van der Waals surface area contributed by atoms with Gasteiger partial charge in [0.15, 0.2) is 0 Å². The van der Waals surface area contributed by atoms with Gasteiger partial charge in [0.1, 0.15) is 5.75 Å². The van der Waals surface area contributed by atoms with Crippen LogP contribution in [-0.4, -0.2) is 52.4 Å². The summed E-state index contributed by atoms with van der Waals surface area (Å²) >= 11 is 0. The molecule has 21 heavy (non-hydrogen) atoms. The quantitative estimate of drug-likeness (QED) is 0.717. The average molecular weight is 313 g/mol. The third-order valence-electron chi connectivity index (χ3n) is 3.64. The lowest BCUT2D eigenvalue weighted by atomic mass is 10.1. The van der Waals surface area contributed by atoms with E-state index < -0.39 is 10.1 Å². The summed E-state index contributed by atoms with van der Waals surface area (Å²) < 4.78 is 32.4. The van der Waals surface area contributed by atoms with Crippen LogP contribution in [0.2, 0.25) is 0 Å². The maximum atomic E-state index is 11.1. The van der Waals surface area contributed by atoms with Crippen LogP contribution in [0, 0.1) is 0 Å². The highest BCUT2D eigenvalue weighted by molar-refractivity contribution is 7.86. The normalized spacial score (nSPS) is 19.8. The fourth-order valence-corrected chi connectivity index (χ4v) is 3.28. The molecule has 1 atom stereocenters. The highest BCUT2D eigenvalue weighted by atomic mass is 32.2. The molecule has 1 aliphatic rings. The lowest BCUT2D eigenvalue weighted by Crippen LogP contribution is -2.25. The standard InChI is InChI=1S/C15H23NO4S/c1-19-14-7-5-13(6-8-14)4-3-10-16-11-9-15(12-16)20-21(2,17)18/h5-8,15H,3-4,9-12H2,1-2H3/t15-/m0/s1. The Morgan fingerprint density at radius 1 is 1.29 bits per heavy atom. The molecule has 6 heteroatoms. The SMILES string of the molecule is COc1ccc(CCCN2CC[C@H](OS(C)(=O)=O)C2)cc1. The molecule has 118 valence electrons. The minimum absolute atomic E-state index is 0.180. The average Bonchev–Trinajstić information content (AvgIpc) is 2.85. The summed E-state index contributed by atoms with van der Waals surface area (Å²) in [5, 5.41) is 0. The van der Waals surface area contributed by atoms with Crippen LogP contribution in [0.3, 0.4) is 0 Å². The molecule has 1 aromatic carbocycles. The maximum absolute atomic E-state index is 11.1. The van der Waals surface area contributed by atoms with Gasteiger partial charge in [-0.05, 0) is 43.5 Å². The van der Waals surface area contributed by atoms with Gasteiger partial charge in [-0.15, -0.1) is 0 Å². The summed E-state index contributed by atoms with van der Waals surface area (Å²) in [6.07, 6.45) is 3.78. The Bertz CT molecular complexity index is 541. The molecule has 1 heterocycles. The second-order valence-corrected chi connectivity index (χ2v) is 7.06. The van der Waals surface area contributed by atoms with Crippen LogP contribution in [-0.2, 0) is 20.7 Å². The van der Waals surface area contributed by atoms with Gasteiger partial charge in [-0.1, -0.05) is 12.1 Å². The maximum Gasteiger partial charge on any atom is 0.264 e. The van der Waals surface area contributed by atoms with Crippen LogP contribution in [0.25, 0.3) is 0 Å². The molecule has 1 aromatic rings. The Morgan fingerprint density at radius 2 is 2.00 bits per heavy atom. The summed E-state index contributed by atoms with van der Waals surface area (Å²) in [5.74, 6) is 0.874. The molecule has 5 nitrogen and oxygen atoms in total. The summed E-state index contributed by atoms with van der Waals surface area (Å²) in [5.41, 5.74) is 1.29. The van der Waals surface area contributed by atoms with Crippen LogP contribution in [0.5, 0.6) is 5.75 Å². The molecule has 2 rings (SSSR count). The predicted molar refractivity (Wildman–Crippen MR) is 82.1 cm³/mol. The van der Waals surface area contributed by atoms with Gasteiger partial charge in [0.05, 0.1) is 19.5 Å². The van der Waals surface area contributed by atoms with Gasteiger partial charge in [0, 0.05) is 13.1 Å². The first-order chi connectivity index (χ1) is 9.96. The van der Waals surface area contributed by atoms with Crippen LogP contribution >= 0.6 is 0 Å². The fraction of sp³-hybridized carbons (Fsp3) is 0.600. The number of ether oxygens (including phenoxy) is 1. The number of aryl methyl sites for hydroxylation is 1. The van der Waals surface area contributed by atoms with Crippen LogP contribution in [0.4, 0.5) is 0 Å². The molecule has 0 aromatic heterocycles. The molecule has 1 aliphatic heterocycles. The van der Waals surface area contributed by atoms with Crippen LogP contribution in [0.1, 0.15) is 18.4 Å². The first-order valence-corrected chi connectivity index (χ1v) is 9.01. The van der Waals surface area contributed by atoms with Crippen molar-refractivity contribution in [2.75, 3.05) is 33.0 Å². The topological polar surface area (TPSA) is 55.8 Å². The number of benzene rings is 1. The smallest absolute Gasteiger partial charge is 0.264 e. The Hall–Kier alpha value is -1.11. The van der Waals surface area contributed by atoms with E-state index in [1.165, 1.54) is 5.56 Å². The zero-order valence-corrected chi connectivity index (χ0v) is 13.4. The first-order valence-electron chi connectivity index (χ1n) is 7.20. The van der Waals surface area contributed by atoms with Gasteiger partial charge < -0.3 is 9.64 Å². The number of rotatable bonds is 7. The molecule has 1 saturated heterocycles. The molecule has 0 spiro atoms. The van der Waals surface area contributed by atoms with Crippen molar-refractivity contribution in [3.63, 3.8) is 0 Å². The van der Waals surface area contributed by atoms with Gasteiger partial charge in [-0.25, -0.2) is 0 Å². The third kappa shape index (κ3) is 5.65. The second-order valence-electron chi connectivity index (χ2n) is 5.46. The van der Waals surface area contributed by atoms with E-state index in [2.05, 4.69) is 17.0 Å². The van der Waals surface area contributed by atoms with E-state index >= 15 is 0 Å². The minimum Gasteiger partial charge on any atom is -0.497 e. The van der Waals surface area contributed by atoms with E-state index in [1.54, 1.807) is 7.11 Å². The van der Waals surface area contributed by atoms with E-state index in [0.717, 1.165) is 44.4 Å². The van der Waals surface area contributed by atoms with E-state index in [4.69, 9.17) is 8.92 Å². The predicted octanol–water partition coefficient (Wildman–Crippen LogP) is 1.68. The highest BCUT2D eigenvalue weighted by Crippen LogP contribution is 2.16. The molecule has 0 N–H and O–H groups in total. The number of nitrogens with zero attached hydrogens (tertiary/aromatic N) is 1. The molecule has 0 aliphatic carbocycles. The van der Waals surface area contributed by atoms with E-state index in [0.29, 0.717) is 6.54 Å². The monoisotopic (exact) mass is 313 g/mol. The Balaban J connectivity index is 1.69. The van der Waals surface area contributed by atoms with Crippen molar-refractivity contribution in [3.8, 4) is 5.75 Å². The highest BCUT2D eigenvalue weighted by Gasteiger charge is 2.25. The zero-order chi connectivity index (χ0) is 15.3. The second kappa shape index (κ2) is 7.24. The molecule has 0 radical (unpaired) electrons. The van der Waals surface area contributed by atoms with Crippen LogP contribution < -0.4 is 4.74 Å². The summed E-state index contributed by atoms with van der Waals surface area (Å²) in [4.78, 5) is 2.26. The van der Waals surface area contributed by atoms with Gasteiger partial charge in [-0.2, -0.15) is 8.42 Å². The lowest BCUT2D eigenvalue weighted by Gasteiger charge is -2.15. The lowest BCUT2D eigenvalue weighted by molar-refractivity contribution is 0.208. The van der Waals surface area contributed by atoms with E-state index in [9.17, 15) is 8.42 Å². The number of likely N-dealkylation sites (tertiary alicyclic amines) is 1. The number of methoxy groups -OCH3 is 1. The van der Waals surface area contributed by atoms with Crippen molar-refractivity contribution >= 4 is 10.1 Å². The Kier molecular flexibility index (Phi) is 5.61. The summed E-state index contributed by atoms with van der Waals surface area (Å²) in [7, 11) is -1.68. The largest absolute Gasteiger partial charge is 0.497 e. The van der Waals surface area contributed by atoms with E-state index in [-0.39, 0.29) is 6.10 Å². The fourth-order valence-electron chi connectivity index (χ4n) is 2.62. The van der Waals surface area contributed by atoms with Gasteiger partial charge in [-0.3, -0.25) is 4.18 Å². The zero-order valence-electron chi connectivity index (χ0n) is 12.6. The van der Waals surface area contributed by atoms with Crippen molar-refractivity contribution in [1.82, 2.24) is 4.90 Å². The van der Waals surface area contributed by atoms with Crippen molar-refractivity contribution in [1.29, 1.82) is 0 Å². The van der Waals surface area contributed by atoms with Gasteiger partial charge in [0.2, 0.25) is 0 Å². The van der Waals surface area contributed by atoms with Crippen molar-refractivity contribution in [3.05, 3.63) is 29.8 Å². The minimum atomic E-state index is -3.34. The van der Waals surface area contributed by atoms with E-state index in [1.807, 2.05) is 12.1 Å². The summed E-state index contributed by atoms with van der Waals surface area (Å²) in [6, 6.07) is 8.11. The van der Waals surface area contributed by atoms with Crippen molar-refractivity contribution in [2.45, 2.75) is 25.4 Å². The number of hydrogen-bond donors (Lipinski definition) is 0. The molecule has 0 bridgehead atoms. The Labute approximate surface area is 127 Å². The third-order valence-corrected chi connectivity index (χ3v) is 4.26. The van der Waals surface area contributed by atoms with Crippen molar-refractivity contribution < 1.29 is 17.3 Å². The molecule has 0 unspecified atom stereocenters. The molecule has 0 amide bonds. The molecular weight excluding hydrogens is 290 g/mol. The first kappa shape index (κ1) is 16.3. The molecule has 0 saturated carbocycles.